The molecule has 0 radical (unpaired) electrons. The number of furan rings is 1. The number of ether oxygens (including phenoxy) is 2. The Morgan fingerprint density at radius 3 is 3.05 bits per heavy atom. The minimum absolute atomic E-state index is 0.0502. The quantitative estimate of drug-likeness (QED) is 0.786. The molecule has 106 valence electrons. The van der Waals surface area contributed by atoms with Gasteiger partial charge in [-0.15, -0.1) is 0 Å². The molecule has 1 aromatic heterocycles. The number of hydrogen-bond donors (Lipinski definition) is 0. The van der Waals surface area contributed by atoms with Crippen LogP contribution in [0.25, 0.3) is 11.0 Å². The van der Waals surface area contributed by atoms with Crippen molar-refractivity contribution < 1.29 is 18.7 Å². The summed E-state index contributed by atoms with van der Waals surface area (Å²) in [6.07, 6.45) is 4.96. The van der Waals surface area contributed by atoms with Crippen LogP contribution in [0.3, 0.4) is 0 Å². The first-order valence-electron chi connectivity index (χ1n) is 7.03. The molecule has 1 aliphatic rings. The first-order chi connectivity index (χ1) is 9.84. The Morgan fingerprint density at radius 1 is 1.30 bits per heavy atom. The van der Waals surface area contributed by atoms with Gasteiger partial charge in [-0.25, -0.2) is 0 Å². The predicted octanol–water partition coefficient (Wildman–Crippen LogP) is 3.20. The Labute approximate surface area is 117 Å². The molecular weight excluding hydrogens is 256 g/mol. The summed E-state index contributed by atoms with van der Waals surface area (Å²) in [5.41, 5.74) is 1.32. The van der Waals surface area contributed by atoms with Crippen molar-refractivity contribution in [1.29, 1.82) is 0 Å². The minimum atomic E-state index is -0.0502. The molecule has 4 nitrogen and oxygen atoms in total. The number of para-hydroxylation sites is 1. The SMILES string of the molecule is O=C(COCC1CCCCO1)c1coc2ccccc12. The smallest absolute Gasteiger partial charge is 0.192 e. The molecule has 4 heteroatoms. The number of carbonyl (C=O) groups excluding carboxylic acids is 1. The van der Waals surface area contributed by atoms with Gasteiger partial charge < -0.3 is 13.9 Å². The number of Topliss-reactive ketones (excluding diaryl/α,β-unsaturated/α-hetero) is 1. The Balaban J connectivity index is 1.56. The molecule has 0 bridgehead atoms. The highest BCUT2D eigenvalue weighted by Gasteiger charge is 2.17. The average molecular weight is 274 g/mol. The fourth-order valence-corrected chi connectivity index (χ4v) is 2.49. The number of carbonyl (C=O) groups is 1. The van der Waals surface area contributed by atoms with Gasteiger partial charge in [-0.1, -0.05) is 18.2 Å². The summed E-state index contributed by atoms with van der Waals surface area (Å²) in [5, 5.41) is 0.843. The van der Waals surface area contributed by atoms with Crippen LogP contribution in [0, 0.1) is 0 Å². The van der Waals surface area contributed by atoms with Crippen LogP contribution in [0.1, 0.15) is 29.6 Å². The van der Waals surface area contributed by atoms with Crippen molar-refractivity contribution in [2.24, 2.45) is 0 Å². The zero-order valence-corrected chi connectivity index (χ0v) is 11.3. The molecule has 1 unspecified atom stereocenters. The number of fused-ring (bicyclic) bond motifs is 1. The van der Waals surface area contributed by atoms with Crippen molar-refractivity contribution in [3.63, 3.8) is 0 Å². The highest BCUT2D eigenvalue weighted by molar-refractivity contribution is 6.07. The van der Waals surface area contributed by atoms with E-state index in [9.17, 15) is 4.79 Å². The maximum atomic E-state index is 12.1. The van der Waals surface area contributed by atoms with Gasteiger partial charge in [0, 0.05) is 12.0 Å². The third kappa shape index (κ3) is 2.92. The Bertz CT molecular complexity index is 581. The first kappa shape index (κ1) is 13.3. The molecule has 20 heavy (non-hydrogen) atoms. The van der Waals surface area contributed by atoms with Crippen LogP contribution >= 0.6 is 0 Å². The third-order valence-corrected chi connectivity index (χ3v) is 3.59. The molecule has 3 rings (SSSR count). The van der Waals surface area contributed by atoms with E-state index in [1.165, 1.54) is 12.7 Å². The van der Waals surface area contributed by atoms with E-state index in [0.717, 1.165) is 30.4 Å². The zero-order valence-electron chi connectivity index (χ0n) is 11.3. The van der Waals surface area contributed by atoms with Crippen LogP contribution in [0.2, 0.25) is 0 Å². The standard InChI is InChI=1S/C16H18O4/c17-15(11-18-9-12-5-3-4-8-19-12)14-10-20-16-7-2-1-6-13(14)16/h1-2,6-7,10,12H,3-5,8-9,11H2. The van der Waals surface area contributed by atoms with Gasteiger partial charge in [0.2, 0.25) is 0 Å². The Hall–Kier alpha value is -1.65. The molecule has 1 atom stereocenters. The van der Waals surface area contributed by atoms with E-state index < -0.39 is 0 Å². The summed E-state index contributed by atoms with van der Waals surface area (Å²) < 4.78 is 16.4. The van der Waals surface area contributed by atoms with Crippen molar-refractivity contribution in [3.8, 4) is 0 Å². The van der Waals surface area contributed by atoms with E-state index >= 15 is 0 Å². The lowest BCUT2D eigenvalue weighted by Gasteiger charge is -2.22. The second kappa shape index (κ2) is 6.20. The fourth-order valence-electron chi connectivity index (χ4n) is 2.49. The molecule has 0 saturated carbocycles. The molecule has 0 aliphatic carbocycles. The lowest BCUT2D eigenvalue weighted by atomic mass is 10.1. The Kier molecular flexibility index (Phi) is 4.14. The highest BCUT2D eigenvalue weighted by atomic mass is 16.5. The second-order valence-corrected chi connectivity index (χ2v) is 5.07. The summed E-state index contributed by atoms with van der Waals surface area (Å²) in [6, 6.07) is 7.52. The largest absolute Gasteiger partial charge is 0.464 e. The maximum absolute atomic E-state index is 12.1. The third-order valence-electron chi connectivity index (χ3n) is 3.59. The summed E-state index contributed by atoms with van der Waals surface area (Å²) in [4.78, 5) is 12.1. The van der Waals surface area contributed by atoms with Crippen molar-refractivity contribution in [3.05, 3.63) is 36.1 Å². The van der Waals surface area contributed by atoms with Crippen LogP contribution < -0.4 is 0 Å². The van der Waals surface area contributed by atoms with Gasteiger partial charge in [0.15, 0.2) is 5.78 Å². The molecule has 2 heterocycles. The molecule has 1 fully saturated rings. The molecule has 1 aliphatic heterocycles. The van der Waals surface area contributed by atoms with Crippen LogP contribution in [-0.4, -0.2) is 31.7 Å². The number of hydrogen-bond acceptors (Lipinski definition) is 4. The number of benzene rings is 1. The van der Waals surface area contributed by atoms with Crippen LogP contribution in [0.5, 0.6) is 0 Å². The van der Waals surface area contributed by atoms with Gasteiger partial charge in [0.05, 0.1) is 18.3 Å². The fraction of sp³-hybridized carbons (Fsp3) is 0.438. The van der Waals surface area contributed by atoms with Gasteiger partial charge >= 0.3 is 0 Å². The molecule has 0 spiro atoms. The Morgan fingerprint density at radius 2 is 2.20 bits per heavy atom. The minimum Gasteiger partial charge on any atom is -0.464 e. The van der Waals surface area contributed by atoms with Gasteiger partial charge in [-0.2, -0.15) is 0 Å². The van der Waals surface area contributed by atoms with E-state index in [1.54, 1.807) is 0 Å². The zero-order chi connectivity index (χ0) is 13.8. The molecule has 0 N–H and O–H groups in total. The van der Waals surface area contributed by atoms with Crippen LogP contribution in [0.15, 0.2) is 34.9 Å². The number of rotatable bonds is 5. The summed E-state index contributed by atoms with van der Waals surface area (Å²) >= 11 is 0. The summed E-state index contributed by atoms with van der Waals surface area (Å²) in [5.74, 6) is -0.0502. The first-order valence-corrected chi connectivity index (χ1v) is 7.03. The summed E-state index contributed by atoms with van der Waals surface area (Å²) in [7, 11) is 0. The van der Waals surface area contributed by atoms with Crippen molar-refractivity contribution in [2.45, 2.75) is 25.4 Å². The van der Waals surface area contributed by atoms with E-state index in [4.69, 9.17) is 13.9 Å². The van der Waals surface area contributed by atoms with Crippen LogP contribution in [0.4, 0.5) is 0 Å². The van der Waals surface area contributed by atoms with E-state index in [0.29, 0.717) is 12.2 Å². The van der Waals surface area contributed by atoms with Gasteiger partial charge in [-0.3, -0.25) is 4.79 Å². The molecule has 1 aromatic carbocycles. The van der Waals surface area contributed by atoms with Crippen molar-refractivity contribution >= 4 is 16.8 Å². The molecule has 1 saturated heterocycles. The summed E-state index contributed by atoms with van der Waals surface area (Å²) in [6.45, 7) is 1.36. The second-order valence-electron chi connectivity index (χ2n) is 5.07. The van der Waals surface area contributed by atoms with Gasteiger partial charge in [0.1, 0.15) is 18.5 Å². The number of ketones is 1. The maximum Gasteiger partial charge on any atom is 0.192 e. The highest BCUT2D eigenvalue weighted by Crippen LogP contribution is 2.21. The predicted molar refractivity (Wildman–Crippen MR) is 75.0 cm³/mol. The normalized spacial score (nSPS) is 19.3. The average Bonchev–Trinajstić information content (AvgIpc) is 2.92. The van der Waals surface area contributed by atoms with E-state index in [1.807, 2.05) is 24.3 Å². The van der Waals surface area contributed by atoms with Crippen molar-refractivity contribution in [1.82, 2.24) is 0 Å². The lowest BCUT2D eigenvalue weighted by molar-refractivity contribution is -0.0370. The van der Waals surface area contributed by atoms with Gasteiger partial charge in [0.25, 0.3) is 0 Å². The van der Waals surface area contributed by atoms with Crippen LogP contribution in [-0.2, 0) is 9.47 Å². The van der Waals surface area contributed by atoms with E-state index in [2.05, 4.69) is 0 Å². The molecule has 2 aromatic rings. The molecule has 0 amide bonds. The van der Waals surface area contributed by atoms with Gasteiger partial charge in [-0.05, 0) is 25.3 Å². The molecular formula is C16H18O4. The topological polar surface area (TPSA) is 48.7 Å². The van der Waals surface area contributed by atoms with E-state index in [-0.39, 0.29) is 18.5 Å². The lowest BCUT2D eigenvalue weighted by Crippen LogP contribution is -2.25. The monoisotopic (exact) mass is 274 g/mol. The van der Waals surface area contributed by atoms with Crippen molar-refractivity contribution in [2.75, 3.05) is 19.8 Å².